The minimum Gasteiger partial charge on any atom is -0.476 e. The summed E-state index contributed by atoms with van der Waals surface area (Å²) < 4.78 is 19.1. The van der Waals surface area contributed by atoms with E-state index < -0.39 is 17.9 Å². The van der Waals surface area contributed by atoms with Crippen LogP contribution in [0.3, 0.4) is 0 Å². The first-order valence-corrected chi connectivity index (χ1v) is 10.1. The minimum atomic E-state index is -1.05. The van der Waals surface area contributed by atoms with Crippen molar-refractivity contribution in [3.8, 4) is 5.75 Å². The number of halogens is 1. The Balaban J connectivity index is 1.85. The Morgan fingerprint density at radius 3 is 2.28 bits per heavy atom. The standard InChI is InChI=1S/C25H24FN3O3/c1-16(2)24(30)29-25(31)23(17-6-4-3-5-7-17)32-21-12-13-22(18(14-21)15-27)28-20-10-8-19(26)9-11-20/h3-16,23,27-28H,1-2H3,(H,29,30,31). The number of carbonyl (C=O) groups excluding carboxylic acids is 2. The number of benzene rings is 3. The third-order valence-electron chi connectivity index (χ3n) is 4.67. The van der Waals surface area contributed by atoms with E-state index in [-0.39, 0.29) is 11.7 Å². The summed E-state index contributed by atoms with van der Waals surface area (Å²) in [6.07, 6.45) is 0.104. The molecule has 0 aliphatic rings. The molecule has 0 aromatic heterocycles. The predicted octanol–water partition coefficient (Wildman–Crippen LogP) is 4.99. The lowest BCUT2D eigenvalue weighted by Gasteiger charge is -2.20. The van der Waals surface area contributed by atoms with E-state index in [1.165, 1.54) is 12.1 Å². The molecule has 1 atom stereocenters. The lowest BCUT2D eigenvalue weighted by atomic mass is 10.1. The van der Waals surface area contributed by atoms with Gasteiger partial charge < -0.3 is 15.5 Å². The van der Waals surface area contributed by atoms with Crippen molar-refractivity contribution in [1.29, 1.82) is 5.41 Å². The van der Waals surface area contributed by atoms with Crippen molar-refractivity contribution in [1.82, 2.24) is 5.32 Å². The van der Waals surface area contributed by atoms with Gasteiger partial charge in [-0.2, -0.15) is 0 Å². The number of nitrogens with one attached hydrogen (secondary N) is 3. The van der Waals surface area contributed by atoms with Gasteiger partial charge in [0, 0.05) is 34.6 Å². The first-order chi connectivity index (χ1) is 15.4. The van der Waals surface area contributed by atoms with Crippen LogP contribution in [-0.4, -0.2) is 18.0 Å². The van der Waals surface area contributed by atoms with Crippen LogP contribution in [0.2, 0.25) is 0 Å². The number of amides is 2. The highest BCUT2D eigenvalue weighted by Crippen LogP contribution is 2.28. The Bertz CT molecular complexity index is 1100. The molecule has 3 aromatic rings. The monoisotopic (exact) mass is 433 g/mol. The van der Waals surface area contributed by atoms with Crippen molar-refractivity contribution in [3.63, 3.8) is 0 Å². The summed E-state index contributed by atoms with van der Waals surface area (Å²) in [4.78, 5) is 24.8. The fourth-order valence-electron chi connectivity index (χ4n) is 2.90. The lowest BCUT2D eigenvalue weighted by molar-refractivity contribution is -0.136. The molecule has 0 spiro atoms. The van der Waals surface area contributed by atoms with Crippen molar-refractivity contribution in [2.24, 2.45) is 5.92 Å². The molecule has 1 unspecified atom stereocenters. The van der Waals surface area contributed by atoms with Gasteiger partial charge >= 0.3 is 0 Å². The topological polar surface area (TPSA) is 91.3 Å². The molecule has 6 nitrogen and oxygen atoms in total. The zero-order valence-electron chi connectivity index (χ0n) is 17.8. The molecule has 0 saturated heterocycles. The van der Waals surface area contributed by atoms with Gasteiger partial charge in [0.1, 0.15) is 11.6 Å². The molecule has 3 aromatic carbocycles. The Morgan fingerprint density at radius 1 is 0.969 bits per heavy atom. The molecule has 0 aliphatic carbocycles. The molecular weight excluding hydrogens is 409 g/mol. The third-order valence-corrected chi connectivity index (χ3v) is 4.67. The van der Waals surface area contributed by atoms with E-state index in [9.17, 15) is 14.0 Å². The molecule has 32 heavy (non-hydrogen) atoms. The van der Waals surface area contributed by atoms with Crippen molar-refractivity contribution < 1.29 is 18.7 Å². The maximum atomic E-state index is 13.1. The quantitative estimate of drug-likeness (QED) is 0.437. The van der Waals surface area contributed by atoms with E-state index in [2.05, 4.69) is 10.6 Å². The summed E-state index contributed by atoms with van der Waals surface area (Å²) in [6.45, 7) is 3.40. The number of ether oxygens (including phenoxy) is 1. The Labute approximate surface area is 185 Å². The van der Waals surface area contributed by atoms with Crippen LogP contribution in [0.4, 0.5) is 15.8 Å². The Kier molecular flexibility index (Phi) is 7.33. The van der Waals surface area contributed by atoms with E-state index in [0.29, 0.717) is 28.3 Å². The van der Waals surface area contributed by atoms with E-state index >= 15 is 0 Å². The highest BCUT2D eigenvalue weighted by molar-refractivity contribution is 5.98. The molecule has 3 N–H and O–H groups in total. The van der Waals surface area contributed by atoms with Gasteiger partial charge in [0.2, 0.25) is 12.0 Å². The Hall–Kier alpha value is -4.00. The van der Waals surface area contributed by atoms with Crippen LogP contribution in [0.5, 0.6) is 5.75 Å². The smallest absolute Gasteiger partial charge is 0.272 e. The fourth-order valence-corrected chi connectivity index (χ4v) is 2.90. The van der Waals surface area contributed by atoms with Gasteiger partial charge in [0.05, 0.1) is 0 Å². The summed E-state index contributed by atoms with van der Waals surface area (Å²) in [6, 6.07) is 19.7. The lowest BCUT2D eigenvalue weighted by Crippen LogP contribution is -2.39. The summed E-state index contributed by atoms with van der Waals surface area (Å²) in [7, 11) is 0. The number of imide groups is 1. The van der Waals surface area contributed by atoms with E-state index in [0.717, 1.165) is 6.21 Å². The second-order valence-electron chi connectivity index (χ2n) is 7.44. The summed E-state index contributed by atoms with van der Waals surface area (Å²) in [5.74, 6) is -1.29. The third kappa shape index (κ3) is 5.78. The van der Waals surface area contributed by atoms with Gasteiger partial charge in [-0.15, -0.1) is 0 Å². The summed E-state index contributed by atoms with van der Waals surface area (Å²) in [5, 5.41) is 13.3. The fraction of sp³-hybridized carbons (Fsp3) is 0.160. The van der Waals surface area contributed by atoms with Crippen LogP contribution in [0.1, 0.15) is 31.1 Å². The molecule has 0 bridgehead atoms. The van der Waals surface area contributed by atoms with Crippen molar-refractivity contribution in [2.75, 3.05) is 5.32 Å². The first-order valence-electron chi connectivity index (χ1n) is 10.1. The van der Waals surface area contributed by atoms with E-state index in [1.54, 1.807) is 68.4 Å². The van der Waals surface area contributed by atoms with Crippen molar-refractivity contribution in [3.05, 3.63) is 89.7 Å². The van der Waals surface area contributed by atoms with Gasteiger partial charge in [0.15, 0.2) is 0 Å². The van der Waals surface area contributed by atoms with Crippen molar-refractivity contribution in [2.45, 2.75) is 20.0 Å². The first kappa shape index (κ1) is 22.7. The van der Waals surface area contributed by atoms with Crippen LogP contribution >= 0.6 is 0 Å². The highest BCUT2D eigenvalue weighted by Gasteiger charge is 2.25. The van der Waals surface area contributed by atoms with E-state index in [1.807, 2.05) is 6.07 Å². The van der Waals surface area contributed by atoms with Gasteiger partial charge in [-0.05, 0) is 42.5 Å². The molecule has 164 valence electrons. The van der Waals surface area contributed by atoms with Crippen LogP contribution in [0, 0.1) is 17.1 Å². The summed E-state index contributed by atoms with van der Waals surface area (Å²) in [5.41, 5.74) is 2.38. The van der Waals surface area contributed by atoms with Gasteiger partial charge in [-0.1, -0.05) is 44.2 Å². The van der Waals surface area contributed by atoms with Crippen LogP contribution in [0.25, 0.3) is 0 Å². The van der Waals surface area contributed by atoms with Crippen LogP contribution in [-0.2, 0) is 9.59 Å². The van der Waals surface area contributed by atoms with Gasteiger partial charge in [-0.25, -0.2) is 4.39 Å². The molecular formula is C25H24FN3O3. The average Bonchev–Trinajstić information content (AvgIpc) is 2.80. The predicted molar refractivity (Wildman–Crippen MR) is 122 cm³/mol. The number of carbonyl (C=O) groups is 2. The van der Waals surface area contributed by atoms with Crippen LogP contribution < -0.4 is 15.4 Å². The average molecular weight is 433 g/mol. The second-order valence-corrected chi connectivity index (χ2v) is 7.44. The molecule has 0 heterocycles. The van der Waals surface area contributed by atoms with E-state index in [4.69, 9.17) is 10.1 Å². The summed E-state index contributed by atoms with van der Waals surface area (Å²) >= 11 is 0. The van der Waals surface area contributed by atoms with Gasteiger partial charge in [0.25, 0.3) is 5.91 Å². The number of anilines is 2. The van der Waals surface area contributed by atoms with Gasteiger partial charge in [-0.3, -0.25) is 14.9 Å². The molecule has 3 rings (SSSR count). The largest absolute Gasteiger partial charge is 0.476 e. The molecule has 2 amide bonds. The molecule has 0 saturated carbocycles. The Morgan fingerprint density at radius 2 is 1.66 bits per heavy atom. The normalized spacial score (nSPS) is 11.5. The minimum absolute atomic E-state index is 0.340. The zero-order valence-corrected chi connectivity index (χ0v) is 17.8. The van der Waals surface area contributed by atoms with Crippen molar-refractivity contribution >= 4 is 29.4 Å². The second kappa shape index (κ2) is 10.3. The number of rotatable bonds is 8. The highest BCUT2D eigenvalue weighted by atomic mass is 19.1. The SMILES string of the molecule is CC(C)C(=O)NC(=O)C(Oc1ccc(Nc2ccc(F)cc2)c(C=N)c1)c1ccccc1. The molecule has 0 fully saturated rings. The van der Waals surface area contributed by atoms with Crippen LogP contribution in [0.15, 0.2) is 72.8 Å². The maximum absolute atomic E-state index is 13.1. The molecule has 0 aliphatic heterocycles. The molecule has 7 heteroatoms. The molecule has 0 radical (unpaired) electrons. The zero-order chi connectivity index (χ0) is 23.1. The number of hydrogen-bond donors (Lipinski definition) is 3. The maximum Gasteiger partial charge on any atom is 0.272 e. The number of hydrogen-bond acceptors (Lipinski definition) is 5.